The molecule has 39 heavy (non-hydrogen) atoms. The number of hydrogen-bond donors (Lipinski definition) is 0. The number of nitrogens with zero attached hydrogens (tertiary/aromatic N) is 2. The van der Waals surface area contributed by atoms with Crippen molar-refractivity contribution in [2.45, 2.75) is 26.7 Å². The van der Waals surface area contributed by atoms with Crippen LogP contribution in [0.25, 0.3) is 36.8 Å². The van der Waals surface area contributed by atoms with Crippen LogP contribution in [0.2, 0.25) is 0 Å². The van der Waals surface area contributed by atoms with E-state index < -0.39 is 0 Å². The fourth-order valence-corrected chi connectivity index (χ4v) is 7.89. The van der Waals surface area contributed by atoms with Crippen molar-refractivity contribution in [2.75, 3.05) is 11.9 Å². The minimum absolute atomic E-state index is 0.587. The molecule has 3 heterocycles. The standard InChI is InChI=1S/C34H31N2OS2/c1-21-9-11-29-27(15-21)35(3)33(37-29)17-23-13-22(2)14-24(16-23)18-34-36(4)28-19-26(10-12-31(28)39-34)32-20-25-7-5-6-8-30(25)38-32/h5-12,15-20,22H,13-14H2,1-4H3/q+1. The van der Waals surface area contributed by atoms with Crippen molar-refractivity contribution in [3.8, 4) is 16.2 Å². The van der Waals surface area contributed by atoms with Crippen LogP contribution >= 0.6 is 22.7 Å². The van der Waals surface area contributed by atoms with Gasteiger partial charge in [-0.15, -0.1) is 11.3 Å². The maximum absolute atomic E-state index is 6.22. The first-order valence-corrected chi connectivity index (χ1v) is 15.1. The lowest BCUT2D eigenvalue weighted by Crippen LogP contribution is -2.29. The van der Waals surface area contributed by atoms with Crippen LogP contribution < -0.4 is 14.2 Å². The maximum Gasteiger partial charge on any atom is 0.262 e. The monoisotopic (exact) mass is 547 g/mol. The molecule has 0 amide bonds. The van der Waals surface area contributed by atoms with Crippen LogP contribution in [0.5, 0.6) is 5.75 Å². The number of hydrogen-bond acceptors (Lipinski definition) is 4. The maximum atomic E-state index is 6.22. The quantitative estimate of drug-likeness (QED) is 0.210. The smallest absolute Gasteiger partial charge is 0.262 e. The minimum atomic E-state index is 0.587. The Balaban J connectivity index is 1.21. The van der Waals surface area contributed by atoms with Gasteiger partial charge in [0.05, 0.1) is 5.69 Å². The van der Waals surface area contributed by atoms with Crippen LogP contribution in [0, 0.1) is 12.8 Å². The summed E-state index contributed by atoms with van der Waals surface area (Å²) in [6.45, 7) is 4.47. The topological polar surface area (TPSA) is 16.4 Å². The predicted octanol–water partition coefficient (Wildman–Crippen LogP) is 9.03. The van der Waals surface area contributed by atoms with Crippen LogP contribution in [0.15, 0.2) is 95.9 Å². The highest BCUT2D eigenvalue weighted by molar-refractivity contribution is 7.22. The third-order valence-corrected chi connectivity index (χ3v) is 10.1. The number of allylic oxidation sites excluding steroid dienone is 4. The fraction of sp³-hybridized carbons (Fsp3) is 0.206. The molecule has 3 aromatic carbocycles. The van der Waals surface area contributed by atoms with Gasteiger partial charge in [-0.2, -0.15) is 4.57 Å². The van der Waals surface area contributed by atoms with Crippen molar-refractivity contribution < 1.29 is 9.30 Å². The summed E-state index contributed by atoms with van der Waals surface area (Å²) in [6.07, 6.45) is 9.12. The Bertz CT molecular complexity index is 1820. The van der Waals surface area contributed by atoms with Crippen molar-refractivity contribution >= 4 is 54.7 Å². The Morgan fingerprint density at radius 1 is 0.949 bits per heavy atom. The number of benzene rings is 3. The average Bonchev–Trinajstić information content (AvgIpc) is 3.58. The zero-order chi connectivity index (χ0) is 26.7. The Morgan fingerprint density at radius 2 is 1.82 bits per heavy atom. The molecule has 5 aromatic rings. The molecule has 1 atom stereocenters. The van der Waals surface area contributed by atoms with Crippen molar-refractivity contribution in [1.29, 1.82) is 0 Å². The number of ether oxygens (including phenoxy) is 1. The van der Waals surface area contributed by atoms with E-state index in [2.05, 4.69) is 122 Å². The Kier molecular flexibility index (Phi) is 5.94. The lowest BCUT2D eigenvalue weighted by molar-refractivity contribution is -0.642. The van der Waals surface area contributed by atoms with E-state index in [9.17, 15) is 0 Å². The average molecular weight is 548 g/mol. The van der Waals surface area contributed by atoms with E-state index in [4.69, 9.17) is 4.74 Å². The summed E-state index contributed by atoms with van der Waals surface area (Å²) in [6, 6.07) is 24.2. The van der Waals surface area contributed by atoms with Gasteiger partial charge in [0.1, 0.15) is 11.7 Å². The van der Waals surface area contributed by atoms with Gasteiger partial charge in [0.25, 0.3) is 5.01 Å². The molecular weight excluding hydrogens is 517 g/mol. The molecule has 0 radical (unpaired) electrons. The highest BCUT2D eigenvalue weighted by atomic mass is 32.1. The molecule has 0 N–H and O–H groups in total. The van der Waals surface area contributed by atoms with Crippen LogP contribution in [-0.4, -0.2) is 7.05 Å². The summed E-state index contributed by atoms with van der Waals surface area (Å²) >= 11 is 3.73. The second-order valence-electron chi connectivity index (χ2n) is 10.9. The second-order valence-corrected chi connectivity index (χ2v) is 13.0. The van der Waals surface area contributed by atoms with Gasteiger partial charge in [-0.1, -0.05) is 54.7 Å². The molecule has 194 valence electrons. The van der Waals surface area contributed by atoms with Crippen LogP contribution in [-0.2, 0) is 7.05 Å². The third-order valence-electron chi connectivity index (χ3n) is 7.75. The summed E-state index contributed by atoms with van der Waals surface area (Å²) in [7, 11) is 4.28. The van der Waals surface area contributed by atoms with Gasteiger partial charge in [-0.3, -0.25) is 0 Å². The molecule has 0 fully saturated rings. The zero-order valence-corrected chi connectivity index (χ0v) is 24.3. The predicted molar refractivity (Wildman–Crippen MR) is 167 cm³/mol. The number of aromatic nitrogens is 1. The molecule has 0 spiro atoms. The Hall–Kier alpha value is -3.67. The first-order chi connectivity index (χ1) is 18.9. The molecule has 5 heteroatoms. The molecule has 0 bridgehead atoms. The Morgan fingerprint density at radius 3 is 2.69 bits per heavy atom. The van der Waals surface area contributed by atoms with E-state index in [0.29, 0.717) is 5.92 Å². The minimum Gasteiger partial charge on any atom is -0.439 e. The third kappa shape index (κ3) is 4.50. The van der Waals surface area contributed by atoms with E-state index >= 15 is 0 Å². The number of thiophene rings is 1. The van der Waals surface area contributed by atoms with Crippen molar-refractivity contribution in [3.05, 3.63) is 106 Å². The Labute approximate surface area is 237 Å². The van der Waals surface area contributed by atoms with Crippen LogP contribution in [0.1, 0.15) is 30.3 Å². The molecule has 1 unspecified atom stereocenters. The molecular formula is C34H31N2OS2+. The van der Waals surface area contributed by atoms with E-state index in [1.54, 1.807) is 0 Å². The normalized spacial score (nSPS) is 19.2. The number of rotatable bonds is 3. The molecule has 1 aliphatic heterocycles. The summed E-state index contributed by atoms with van der Waals surface area (Å²) < 4.78 is 11.2. The number of thiazole rings is 1. The van der Waals surface area contributed by atoms with Crippen molar-refractivity contribution in [3.63, 3.8) is 0 Å². The van der Waals surface area contributed by atoms with Gasteiger partial charge in [-0.05, 0) is 83.7 Å². The molecule has 3 nitrogen and oxygen atoms in total. The van der Waals surface area contributed by atoms with E-state index in [1.807, 2.05) is 22.7 Å². The fourth-order valence-electron chi connectivity index (χ4n) is 5.72. The summed E-state index contributed by atoms with van der Waals surface area (Å²) in [5.41, 5.74) is 7.64. The van der Waals surface area contributed by atoms with Gasteiger partial charge >= 0.3 is 0 Å². The van der Waals surface area contributed by atoms with Crippen LogP contribution in [0.4, 0.5) is 5.69 Å². The summed E-state index contributed by atoms with van der Waals surface area (Å²) in [4.78, 5) is 3.48. The molecule has 0 saturated heterocycles. The lowest BCUT2D eigenvalue weighted by Gasteiger charge is -2.20. The molecule has 7 rings (SSSR count). The first-order valence-electron chi connectivity index (χ1n) is 13.5. The first kappa shape index (κ1) is 24.4. The van der Waals surface area contributed by atoms with Crippen molar-refractivity contribution in [1.82, 2.24) is 0 Å². The van der Waals surface area contributed by atoms with Gasteiger partial charge in [-0.25, -0.2) is 0 Å². The number of fused-ring (bicyclic) bond motifs is 3. The largest absolute Gasteiger partial charge is 0.439 e. The van der Waals surface area contributed by atoms with Gasteiger partial charge in [0.2, 0.25) is 11.4 Å². The molecule has 0 saturated carbocycles. The lowest BCUT2D eigenvalue weighted by atomic mass is 9.87. The molecule has 2 aromatic heterocycles. The number of aryl methyl sites for hydroxylation is 2. The van der Waals surface area contributed by atoms with E-state index in [1.165, 1.54) is 52.5 Å². The second kappa shape index (κ2) is 9.51. The van der Waals surface area contributed by atoms with Gasteiger partial charge in [0.15, 0.2) is 5.75 Å². The summed E-state index contributed by atoms with van der Waals surface area (Å²) in [5, 5.41) is 2.60. The summed E-state index contributed by atoms with van der Waals surface area (Å²) in [5.74, 6) is 2.42. The van der Waals surface area contributed by atoms with E-state index in [0.717, 1.165) is 30.2 Å². The highest BCUT2D eigenvalue weighted by Gasteiger charge is 2.25. The molecule has 1 aliphatic carbocycles. The van der Waals surface area contributed by atoms with Gasteiger partial charge in [0, 0.05) is 34.8 Å². The zero-order valence-electron chi connectivity index (χ0n) is 22.7. The van der Waals surface area contributed by atoms with E-state index in [-0.39, 0.29) is 0 Å². The number of anilines is 1. The van der Waals surface area contributed by atoms with Gasteiger partial charge < -0.3 is 9.64 Å². The highest BCUT2D eigenvalue weighted by Crippen LogP contribution is 2.40. The van der Waals surface area contributed by atoms with Crippen molar-refractivity contribution in [2.24, 2.45) is 13.0 Å². The van der Waals surface area contributed by atoms with Crippen LogP contribution in [0.3, 0.4) is 0 Å². The molecule has 2 aliphatic rings. The SMILES string of the molecule is Cc1ccc2c(c1)N(C)C(=CC1=CC(=Cc3sc4ccc(-c5cc6ccccc6s5)cc4[n+]3C)CC(C)C1)O2.